The van der Waals surface area contributed by atoms with Gasteiger partial charge in [0.05, 0.1) is 0 Å². The molecular weight excluding hydrogens is 398 g/mol. The van der Waals surface area contributed by atoms with Crippen LogP contribution in [0.3, 0.4) is 0 Å². The van der Waals surface area contributed by atoms with Crippen LogP contribution >= 0.6 is 7.75 Å². The maximum Gasteiger partial charge on any atom is 1.00 e. The molecular formula is C21H21N2NaO4P+. The van der Waals surface area contributed by atoms with E-state index in [2.05, 4.69) is 10.4 Å². The summed E-state index contributed by atoms with van der Waals surface area (Å²) in [5.74, 6) is -0.226. The Morgan fingerprint density at radius 3 is 2.03 bits per heavy atom. The largest absolute Gasteiger partial charge is 1.00 e. The van der Waals surface area contributed by atoms with Crippen LogP contribution in [0, 0.1) is 13.8 Å². The molecule has 0 aliphatic heterocycles. The molecule has 3 aromatic rings. The summed E-state index contributed by atoms with van der Waals surface area (Å²) < 4.78 is 17.6. The Kier molecular flexibility index (Phi) is 8.08. The second-order valence-electron chi connectivity index (χ2n) is 6.44. The number of anilines is 2. The van der Waals surface area contributed by atoms with Crippen molar-refractivity contribution in [3.8, 4) is 5.75 Å². The average Bonchev–Trinajstić information content (AvgIpc) is 2.65. The van der Waals surface area contributed by atoms with Crippen molar-refractivity contribution < 1.29 is 48.3 Å². The van der Waals surface area contributed by atoms with Crippen molar-refractivity contribution in [3.63, 3.8) is 0 Å². The summed E-state index contributed by atoms with van der Waals surface area (Å²) in [7, 11) is -4.16. The van der Waals surface area contributed by atoms with E-state index < -0.39 is 7.75 Å². The number of amides is 1. The van der Waals surface area contributed by atoms with Gasteiger partial charge in [0.15, 0.2) is 0 Å². The molecule has 0 aliphatic rings. The van der Waals surface area contributed by atoms with Crippen molar-refractivity contribution in [2.45, 2.75) is 13.8 Å². The molecule has 0 aromatic heterocycles. The van der Waals surface area contributed by atoms with Gasteiger partial charge in [-0.2, -0.15) is 0 Å². The number of hydrogen-bond donors (Lipinski definition) is 3. The van der Waals surface area contributed by atoms with Crippen LogP contribution in [-0.2, 0) is 4.57 Å². The van der Waals surface area contributed by atoms with Crippen LogP contribution in [-0.4, -0.2) is 10.8 Å². The molecule has 0 spiro atoms. The van der Waals surface area contributed by atoms with Crippen LogP contribution in [0.15, 0.2) is 72.8 Å². The average molecular weight is 419 g/mol. The van der Waals surface area contributed by atoms with Gasteiger partial charge >= 0.3 is 37.3 Å². The third-order valence-corrected chi connectivity index (χ3v) is 4.96. The van der Waals surface area contributed by atoms with Crippen LogP contribution < -0.4 is 44.5 Å². The van der Waals surface area contributed by atoms with Gasteiger partial charge in [-0.15, -0.1) is 0 Å². The topological polar surface area (TPSA) is 87.7 Å². The third-order valence-electron chi connectivity index (χ3n) is 3.96. The summed E-state index contributed by atoms with van der Waals surface area (Å²) in [4.78, 5) is 22.5. The van der Waals surface area contributed by atoms with Crippen LogP contribution in [0.25, 0.3) is 0 Å². The first-order chi connectivity index (χ1) is 13.3. The normalized spacial score (nSPS) is 12.2. The molecule has 1 unspecified atom stereocenters. The Bertz CT molecular complexity index is 1020. The maximum absolute atomic E-state index is 12.4. The summed E-state index contributed by atoms with van der Waals surface area (Å²) >= 11 is 0. The Labute approximate surface area is 192 Å². The first-order valence-corrected chi connectivity index (χ1v) is 10.2. The standard InChI is InChI=1S/C21H21N2O4P.Na/c1-15-6-10-18(11-7-15)22-21(24)17-4-3-5-20(14-17)27-28(25,26)23-19-12-8-16(2)9-13-19;/h3-14H,1-2H3,(H,22,24)(H2,23,25,26);/q;+1. The zero-order chi connectivity index (χ0) is 20.1. The first-order valence-electron chi connectivity index (χ1n) is 8.66. The summed E-state index contributed by atoms with van der Waals surface area (Å²) in [5.41, 5.74) is 3.56. The van der Waals surface area contributed by atoms with E-state index in [4.69, 9.17) is 4.52 Å². The SMILES string of the molecule is Cc1ccc(NC(=O)c2cccc(OP(=O)(O)Nc3ccc(C)cc3)c2)cc1.[Na+]. The molecule has 0 saturated carbocycles. The van der Waals surface area contributed by atoms with Crippen molar-refractivity contribution in [3.05, 3.63) is 89.5 Å². The second kappa shape index (κ2) is 10.1. The molecule has 0 fully saturated rings. The molecule has 3 rings (SSSR count). The van der Waals surface area contributed by atoms with Crippen LogP contribution in [0.5, 0.6) is 5.75 Å². The summed E-state index contributed by atoms with van der Waals surface area (Å²) in [6.45, 7) is 3.89. The number of hydrogen-bond acceptors (Lipinski definition) is 3. The van der Waals surface area contributed by atoms with E-state index in [1.165, 1.54) is 12.1 Å². The number of carbonyl (C=O) groups excluding carboxylic acids is 1. The van der Waals surface area contributed by atoms with Crippen LogP contribution in [0.4, 0.5) is 11.4 Å². The maximum atomic E-state index is 12.4. The van der Waals surface area contributed by atoms with Gasteiger partial charge in [-0.05, 0) is 56.3 Å². The molecule has 0 bridgehead atoms. The van der Waals surface area contributed by atoms with Crippen molar-refractivity contribution in [1.82, 2.24) is 0 Å². The summed E-state index contributed by atoms with van der Waals surface area (Å²) in [6.07, 6.45) is 0. The van der Waals surface area contributed by atoms with Gasteiger partial charge in [0, 0.05) is 16.9 Å². The van der Waals surface area contributed by atoms with E-state index in [9.17, 15) is 14.3 Å². The van der Waals surface area contributed by atoms with Gasteiger partial charge in [0.25, 0.3) is 5.91 Å². The van der Waals surface area contributed by atoms with Gasteiger partial charge in [0.2, 0.25) is 0 Å². The van der Waals surface area contributed by atoms with Crippen LogP contribution in [0.2, 0.25) is 0 Å². The Balaban J connectivity index is 0.00000300. The molecule has 29 heavy (non-hydrogen) atoms. The Morgan fingerprint density at radius 2 is 1.45 bits per heavy atom. The molecule has 0 saturated heterocycles. The fraction of sp³-hybridized carbons (Fsp3) is 0.0952. The monoisotopic (exact) mass is 419 g/mol. The first kappa shape index (κ1) is 23.2. The number of carbonyl (C=O) groups is 1. The zero-order valence-electron chi connectivity index (χ0n) is 16.5. The van der Waals surface area contributed by atoms with E-state index in [-0.39, 0.29) is 41.2 Å². The summed E-state index contributed by atoms with van der Waals surface area (Å²) in [6, 6.07) is 20.5. The van der Waals surface area contributed by atoms with Gasteiger partial charge < -0.3 is 9.84 Å². The molecule has 0 aliphatic carbocycles. The van der Waals surface area contributed by atoms with Crippen molar-refractivity contribution in [1.29, 1.82) is 0 Å². The molecule has 1 atom stereocenters. The number of benzene rings is 3. The minimum Gasteiger partial charge on any atom is -0.409 e. The summed E-state index contributed by atoms with van der Waals surface area (Å²) in [5, 5.41) is 5.26. The molecule has 0 radical (unpaired) electrons. The number of rotatable bonds is 6. The van der Waals surface area contributed by atoms with Gasteiger partial charge in [-0.1, -0.05) is 41.5 Å². The van der Waals surface area contributed by atoms with E-state index in [1.807, 2.05) is 38.1 Å². The molecule has 3 aromatic carbocycles. The minimum atomic E-state index is -4.16. The molecule has 1 amide bonds. The minimum absolute atomic E-state index is 0. The van der Waals surface area contributed by atoms with E-state index >= 15 is 0 Å². The molecule has 3 N–H and O–H groups in total. The van der Waals surface area contributed by atoms with Crippen molar-refractivity contribution in [2.24, 2.45) is 0 Å². The molecule has 6 nitrogen and oxygen atoms in total. The van der Waals surface area contributed by atoms with E-state index in [0.29, 0.717) is 16.9 Å². The van der Waals surface area contributed by atoms with Crippen LogP contribution in [0.1, 0.15) is 21.5 Å². The Hall–Kier alpha value is -2.08. The molecule has 8 heteroatoms. The molecule has 0 heterocycles. The number of nitrogens with one attached hydrogen (secondary N) is 2. The fourth-order valence-electron chi connectivity index (χ4n) is 2.49. The predicted octanol–water partition coefficient (Wildman–Crippen LogP) is 2.15. The molecule has 144 valence electrons. The Morgan fingerprint density at radius 1 is 0.897 bits per heavy atom. The fourth-order valence-corrected chi connectivity index (χ4v) is 3.41. The van der Waals surface area contributed by atoms with Crippen molar-refractivity contribution >= 4 is 25.0 Å². The van der Waals surface area contributed by atoms with Crippen molar-refractivity contribution in [2.75, 3.05) is 10.4 Å². The zero-order valence-corrected chi connectivity index (χ0v) is 19.4. The third kappa shape index (κ3) is 7.03. The van der Waals surface area contributed by atoms with Gasteiger partial charge in [-0.3, -0.25) is 14.8 Å². The quantitative estimate of drug-likeness (QED) is 0.421. The number of aryl methyl sites for hydroxylation is 2. The smallest absolute Gasteiger partial charge is 0.409 e. The van der Waals surface area contributed by atoms with E-state index in [0.717, 1.165) is 11.1 Å². The second-order valence-corrected chi connectivity index (χ2v) is 7.88. The van der Waals surface area contributed by atoms with Gasteiger partial charge in [-0.25, -0.2) is 4.57 Å². The van der Waals surface area contributed by atoms with Gasteiger partial charge in [0.1, 0.15) is 5.75 Å². The van der Waals surface area contributed by atoms with E-state index in [1.54, 1.807) is 36.4 Å². The predicted molar refractivity (Wildman–Crippen MR) is 111 cm³/mol.